The summed E-state index contributed by atoms with van der Waals surface area (Å²) in [4.78, 5) is 0. The molecule has 0 atom stereocenters. The fourth-order valence-electron chi connectivity index (χ4n) is 3.20. The van der Waals surface area contributed by atoms with Crippen molar-refractivity contribution in [1.29, 1.82) is 0 Å². The largest absolute Gasteiger partial charge is 0.494 e. The van der Waals surface area contributed by atoms with Crippen LogP contribution >= 0.6 is 33.2 Å². The molecule has 0 aliphatic heterocycles. The van der Waals surface area contributed by atoms with Gasteiger partial charge in [-0.3, -0.25) is 0 Å². The van der Waals surface area contributed by atoms with E-state index in [0.29, 0.717) is 12.7 Å². The van der Waals surface area contributed by atoms with Crippen molar-refractivity contribution < 1.29 is 4.74 Å². The summed E-state index contributed by atoms with van der Waals surface area (Å²) in [5.41, 5.74) is 1.45. The van der Waals surface area contributed by atoms with E-state index in [1.807, 2.05) is 0 Å². The predicted octanol–water partition coefficient (Wildman–Crippen LogP) is 6.79. The third-order valence-electron chi connectivity index (χ3n) is 4.65. The molecule has 0 bridgehead atoms. The third kappa shape index (κ3) is 6.31. The summed E-state index contributed by atoms with van der Waals surface area (Å²) < 4.78 is 5.72. The first-order valence-corrected chi connectivity index (χ1v) is 13.5. The minimum Gasteiger partial charge on any atom is -0.494 e. The molecule has 0 aromatic heterocycles. The average Bonchev–Trinajstić information content (AvgIpc) is 2.51. The van der Waals surface area contributed by atoms with Crippen LogP contribution in [0.2, 0.25) is 6.04 Å². The molecule has 22 heavy (non-hydrogen) atoms. The van der Waals surface area contributed by atoms with Gasteiger partial charge in [0.15, 0.2) is 0 Å². The summed E-state index contributed by atoms with van der Waals surface area (Å²) in [6.07, 6.45) is 7.53. The Morgan fingerprint density at radius 1 is 1.05 bits per heavy atom. The maximum absolute atomic E-state index is 5.86. The van der Waals surface area contributed by atoms with Crippen LogP contribution in [0.1, 0.15) is 56.9 Å². The molecular formula is C17H25Cl3OSi. The van der Waals surface area contributed by atoms with Crippen molar-refractivity contribution in [2.24, 2.45) is 5.92 Å². The van der Waals surface area contributed by atoms with Crippen molar-refractivity contribution in [1.82, 2.24) is 0 Å². The van der Waals surface area contributed by atoms with E-state index in [-0.39, 0.29) is 0 Å². The van der Waals surface area contributed by atoms with Gasteiger partial charge in [0.25, 0.3) is 0 Å². The highest BCUT2D eigenvalue weighted by atomic mass is 35.8. The second-order valence-electron chi connectivity index (χ2n) is 6.26. The fourth-order valence-corrected chi connectivity index (χ4v) is 4.95. The van der Waals surface area contributed by atoms with Crippen molar-refractivity contribution in [2.45, 2.75) is 57.4 Å². The number of rotatable bonds is 7. The van der Waals surface area contributed by atoms with Crippen LogP contribution < -0.4 is 4.74 Å². The molecule has 1 aliphatic carbocycles. The van der Waals surface area contributed by atoms with Crippen LogP contribution in [0.15, 0.2) is 24.3 Å². The monoisotopic (exact) mass is 378 g/mol. The molecule has 0 unspecified atom stereocenters. The zero-order chi connectivity index (χ0) is 16.0. The van der Waals surface area contributed by atoms with Gasteiger partial charge in [0.2, 0.25) is 0 Å². The van der Waals surface area contributed by atoms with Crippen LogP contribution in [0.4, 0.5) is 0 Å². The number of hydrogen-bond donors (Lipinski definition) is 0. The van der Waals surface area contributed by atoms with Gasteiger partial charge >= 0.3 is 6.00 Å². The van der Waals surface area contributed by atoms with Gasteiger partial charge in [0.1, 0.15) is 5.75 Å². The summed E-state index contributed by atoms with van der Waals surface area (Å²) in [6, 6.07) is 6.74. The average molecular weight is 380 g/mol. The summed E-state index contributed by atoms with van der Waals surface area (Å²) in [5, 5.41) is 0. The van der Waals surface area contributed by atoms with Crippen LogP contribution in [-0.4, -0.2) is 12.6 Å². The molecule has 1 aromatic carbocycles. The van der Waals surface area contributed by atoms with E-state index in [4.69, 9.17) is 38.0 Å². The van der Waals surface area contributed by atoms with E-state index < -0.39 is 6.00 Å². The Kier molecular flexibility index (Phi) is 7.39. The molecule has 0 saturated heterocycles. The molecule has 1 aliphatic rings. The molecule has 1 nitrogen and oxygen atoms in total. The lowest BCUT2D eigenvalue weighted by molar-refractivity contribution is 0.313. The quantitative estimate of drug-likeness (QED) is 0.288. The molecular weight excluding hydrogens is 355 g/mol. The van der Waals surface area contributed by atoms with Crippen LogP contribution in [-0.2, 0) is 0 Å². The summed E-state index contributed by atoms with van der Waals surface area (Å²) in [6.45, 7) is 2.92. The van der Waals surface area contributed by atoms with Crippen molar-refractivity contribution >= 4 is 39.2 Å². The Bertz CT molecular complexity index is 436. The molecule has 0 N–H and O–H groups in total. The first kappa shape index (κ1) is 18.4. The van der Waals surface area contributed by atoms with Gasteiger partial charge in [-0.05, 0) is 67.7 Å². The lowest BCUT2D eigenvalue weighted by Gasteiger charge is -2.28. The van der Waals surface area contributed by atoms with Crippen LogP contribution in [0.5, 0.6) is 5.75 Å². The Labute approximate surface area is 149 Å². The van der Waals surface area contributed by atoms with Gasteiger partial charge in [-0.25, -0.2) is 0 Å². The van der Waals surface area contributed by atoms with E-state index in [0.717, 1.165) is 24.0 Å². The lowest BCUT2D eigenvalue weighted by Crippen LogP contribution is -2.12. The third-order valence-corrected chi connectivity index (χ3v) is 7.27. The Morgan fingerprint density at radius 3 is 2.23 bits per heavy atom. The minimum atomic E-state index is -2.50. The van der Waals surface area contributed by atoms with Gasteiger partial charge in [-0.1, -0.05) is 25.5 Å². The molecule has 124 valence electrons. The molecule has 0 spiro atoms. The highest BCUT2D eigenvalue weighted by Gasteiger charge is 2.24. The zero-order valence-corrected chi connectivity index (χ0v) is 16.4. The molecule has 1 aromatic rings. The van der Waals surface area contributed by atoms with Crippen molar-refractivity contribution in [3.8, 4) is 5.75 Å². The van der Waals surface area contributed by atoms with Crippen LogP contribution in [0, 0.1) is 5.92 Å². The van der Waals surface area contributed by atoms with Crippen LogP contribution in [0.3, 0.4) is 0 Å². The van der Waals surface area contributed by atoms with Gasteiger partial charge in [-0.2, -0.15) is 0 Å². The molecule has 2 rings (SSSR count). The smallest absolute Gasteiger partial charge is 0.341 e. The standard InChI is InChI=1S/C17H25Cl3OSi/c1-2-14-4-6-15(7-5-14)16-8-10-17(11-9-16)21-12-3-13-22(18,19)20/h8-11,14-15H,2-7,12-13H2,1H3/t14-,15-. The van der Waals surface area contributed by atoms with Gasteiger partial charge < -0.3 is 4.74 Å². The molecule has 0 amide bonds. The summed E-state index contributed by atoms with van der Waals surface area (Å²) in [5.74, 6) is 2.59. The topological polar surface area (TPSA) is 9.23 Å². The van der Waals surface area contributed by atoms with Crippen molar-refractivity contribution in [3.63, 3.8) is 0 Å². The molecule has 1 saturated carbocycles. The maximum atomic E-state index is 5.86. The number of benzene rings is 1. The summed E-state index contributed by atoms with van der Waals surface area (Å²) in [7, 11) is 0. The van der Waals surface area contributed by atoms with E-state index in [2.05, 4.69) is 31.2 Å². The number of halogens is 3. The zero-order valence-electron chi connectivity index (χ0n) is 13.2. The maximum Gasteiger partial charge on any atom is 0.341 e. The summed E-state index contributed by atoms with van der Waals surface area (Å²) >= 11 is 17.6. The molecule has 5 heteroatoms. The van der Waals surface area contributed by atoms with Gasteiger partial charge in [0.05, 0.1) is 6.61 Å². The highest BCUT2D eigenvalue weighted by Crippen LogP contribution is 2.37. The Hall–Kier alpha value is 0.107. The predicted molar refractivity (Wildman–Crippen MR) is 99.7 cm³/mol. The minimum absolute atomic E-state index is 0.613. The van der Waals surface area contributed by atoms with Crippen LogP contribution in [0.25, 0.3) is 0 Å². The van der Waals surface area contributed by atoms with Crippen molar-refractivity contribution in [3.05, 3.63) is 29.8 Å². The second kappa shape index (κ2) is 8.82. The molecule has 0 radical (unpaired) electrons. The van der Waals surface area contributed by atoms with Gasteiger partial charge in [-0.15, -0.1) is 33.2 Å². The van der Waals surface area contributed by atoms with Crippen molar-refractivity contribution in [2.75, 3.05) is 6.61 Å². The second-order valence-corrected chi connectivity index (χ2v) is 15.5. The van der Waals surface area contributed by atoms with E-state index in [1.165, 1.54) is 37.7 Å². The normalized spacial score (nSPS) is 22.5. The first-order chi connectivity index (χ1) is 10.5. The van der Waals surface area contributed by atoms with E-state index in [1.54, 1.807) is 0 Å². The number of ether oxygens (including phenoxy) is 1. The number of hydrogen-bond acceptors (Lipinski definition) is 1. The first-order valence-electron chi connectivity index (χ1n) is 8.27. The fraction of sp³-hybridized carbons (Fsp3) is 0.647. The SMILES string of the molecule is CC[C@H]1CC[C@H](c2ccc(OCCC[Si](Cl)(Cl)Cl)cc2)CC1. The highest BCUT2D eigenvalue weighted by molar-refractivity contribution is 7.64. The Morgan fingerprint density at radius 2 is 1.68 bits per heavy atom. The Balaban J connectivity index is 1.76. The molecule has 1 fully saturated rings. The molecule has 0 heterocycles. The van der Waals surface area contributed by atoms with E-state index >= 15 is 0 Å². The lowest BCUT2D eigenvalue weighted by atomic mass is 9.78. The van der Waals surface area contributed by atoms with Gasteiger partial charge in [0, 0.05) is 0 Å². The van der Waals surface area contributed by atoms with E-state index in [9.17, 15) is 0 Å².